The van der Waals surface area contributed by atoms with E-state index in [0.29, 0.717) is 11.5 Å². The number of hydrogen-bond acceptors (Lipinski definition) is 3. The highest BCUT2D eigenvalue weighted by molar-refractivity contribution is 5.64. The van der Waals surface area contributed by atoms with Crippen LogP contribution in [0.4, 0.5) is 4.79 Å². The van der Waals surface area contributed by atoms with E-state index in [1.54, 1.807) is 25.3 Å². The third-order valence-electron chi connectivity index (χ3n) is 1.89. The highest BCUT2D eigenvalue weighted by Crippen LogP contribution is 2.27. The summed E-state index contributed by atoms with van der Waals surface area (Å²) in [5.41, 5.74) is 0.815. The van der Waals surface area contributed by atoms with Gasteiger partial charge in [-0.25, -0.2) is 4.79 Å². The molecule has 1 amide bonds. The minimum absolute atomic E-state index is 0.246. The Labute approximate surface area is 87.6 Å². The molecule has 0 saturated heterocycles. The van der Waals surface area contributed by atoms with Gasteiger partial charge in [0.15, 0.2) is 11.5 Å². The SMILES string of the molecule is COc1ccc(CNC(=O)O)cc1OC. The van der Waals surface area contributed by atoms with Crippen LogP contribution in [0.2, 0.25) is 0 Å². The summed E-state index contributed by atoms with van der Waals surface area (Å²) in [6.45, 7) is 0.246. The summed E-state index contributed by atoms with van der Waals surface area (Å²) in [5, 5.41) is 10.7. The fourth-order valence-corrected chi connectivity index (χ4v) is 1.17. The maximum atomic E-state index is 10.3. The maximum absolute atomic E-state index is 10.3. The summed E-state index contributed by atoms with van der Waals surface area (Å²) in [4.78, 5) is 10.3. The molecule has 0 radical (unpaired) electrons. The van der Waals surface area contributed by atoms with E-state index in [1.807, 2.05) is 0 Å². The van der Waals surface area contributed by atoms with Gasteiger partial charge in [-0.2, -0.15) is 0 Å². The van der Waals surface area contributed by atoms with Gasteiger partial charge < -0.3 is 19.9 Å². The fourth-order valence-electron chi connectivity index (χ4n) is 1.17. The highest BCUT2D eigenvalue weighted by atomic mass is 16.5. The largest absolute Gasteiger partial charge is 0.493 e. The van der Waals surface area contributed by atoms with E-state index in [4.69, 9.17) is 14.6 Å². The molecule has 0 aliphatic rings. The van der Waals surface area contributed by atoms with E-state index in [1.165, 1.54) is 7.11 Å². The van der Waals surface area contributed by atoms with Crippen LogP contribution in [-0.2, 0) is 6.54 Å². The van der Waals surface area contributed by atoms with Crippen molar-refractivity contribution in [1.82, 2.24) is 5.32 Å². The standard InChI is InChI=1S/C10H13NO4/c1-14-8-4-3-7(5-9(8)15-2)6-11-10(12)13/h3-5,11H,6H2,1-2H3,(H,12,13). The van der Waals surface area contributed by atoms with Crippen LogP contribution in [0.25, 0.3) is 0 Å². The minimum Gasteiger partial charge on any atom is -0.493 e. The number of rotatable bonds is 4. The molecule has 5 nitrogen and oxygen atoms in total. The molecule has 1 rings (SSSR count). The van der Waals surface area contributed by atoms with Crippen LogP contribution in [-0.4, -0.2) is 25.4 Å². The molecular weight excluding hydrogens is 198 g/mol. The summed E-state index contributed by atoms with van der Waals surface area (Å²) in [6.07, 6.45) is -1.05. The maximum Gasteiger partial charge on any atom is 0.404 e. The second-order valence-corrected chi connectivity index (χ2v) is 2.85. The van der Waals surface area contributed by atoms with Crippen molar-refractivity contribution in [3.05, 3.63) is 23.8 Å². The quantitative estimate of drug-likeness (QED) is 0.791. The lowest BCUT2D eigenvalue weighted by Crippen LogP contribution is -2.19. The number of hydrogen-bond donors (Lipinski definition) is 2. The van der Waals surface area contributed by atoms with E-state index in [-0.39, 0.29) is 6.54 Å². The topological polar surface area (TPSA) is 67.8 Å². The van der Waals surface area contributed by atoms with E-state index in [2.05, 4.69) is 5.32 Å². The first kappa shape index (κ1) is 11.2. The number of carboxylic acid groups (broad SMARTS) is 1. The van der Waals surface area contributed by atoms with Gasteiger partial charge in [-0.15, -0.1) is 0 Å². The molecule has 15 heavy (non-hydrogen) atoms. The van der Waals surface area contributed by atoms with Gasteiger partial charge in [0, 0.05) is 6.54 Å². The Hall–Kier alpha value is -1.91. The lowest BCUT2D eigenvalue weighted by Gasteiger charge is -2.09. The van der Waals surface area contributed by atoms with Crippen molar-refractivity contribution in [1.29, 1.82) is 0 Å². The summed E-state index contributed by atoms with van der Waals surface area (Å²) in [5.74, 6) is 1.21. The second kappa shape index (κ2) is 5.09. The number of nitrogens with one attached hydrogen (secondary N) is 1. The predicted molar refractivity (Wildman–Crippen MR) is 54.4 cm³/mol. The third kappa shape index (κ3) is 3.05. The Bertz CT molecular complexity index is 351. The highest BCUT2D eigenvalue weighted by Gasteiger charge is 2.04. The molecule has 0 aromatic heterocycles. The normalized spacial score (nSPS) is 9.47. The summed E-state index contributed by atoms with van der Waals surface area (Å²) in [6, 6.07) is 5.24. The molecule has 0 spiro atoms. The number of carbonyl (C=O) groups is 1. The average molecular weight is 211 g/mol. The average Bonchev–Trinajstić information content (AvgIpc) is 2.25. The first-order chi connectivity index (χ1) is 7.17. The van der Waals surface area contributed by atoms with E-state index in [0.717, 1.165) is 5.56 Å². The third-order valence-corrected chi connectivity index (χ3v) is 1.89. The molecule has 0 aliphatic heterocycles. The van der Waals surface area contributed by atoms with Gasteiger partial charge in [-0.1, -0.05) is 6.07 Å². The van der Waals surface area contributed by atoms with Crippen LogP contribution < -0.4 is 14.8 Å². The van der Waals surface area contributed by atoms with Crippen LogP contribution >= 0.6 is 0 Å². The number of benzene rings is 1. The molecular formula is C10H13NO4. The Morgan fingerprint density at radius 3 is 2.53 bits per heavy atom. The molecule has 5 heteroatoms. The molecule has 1 aromatic carbocycles. The molecule has 2 N–H and O–H groups in total. The zero-order chi connectivity index (χ0) is 11.3. The van der Waals surface area contributed by atoms with Crippen molar-refractivity contribution >= 4 is 6.09 Å². The lowest BCUT2D eigenvalue weighted by atomic mass is 10.2. The smallest absolute Gasteiger partial charge is 0.404 e. The zero-order valence-corrected chi connectivity index (χ0v) is 8.61. The van der Waals surface area contributed by atoms with Crippen molar-refractivity contribution in [2.24, 2.45) is 0 Å². The Kier molecular flexibility index (Phi) is 3.79. The van der Waals surface area contributed by atoms with Crippen molar-refractivity contribution in [3.63, 3.8) is 0 Å². The molecule has 82 valence electrons. The van der Waals surface area contributed by atoms with Gasteiger partial charge >= 0.3 is 6.09 Å². The molecule has 0 heterocycles. The van der Waals surface area contributed by atoms with Gasteiger partial charge in [0.25, 0.3) is 0 Å². The Morgan fingerprint density at radius 2 is 2.00 bits per heavy atom. The van der Waals surface area contributed by atoms with Crippen molar-refractivity contribution < 1.29 is 19.4 Å². The van der Waals surface area contributed by atoms with Crippen molar-refractivity contribution in [2.75, 3.05) is 14.2 Å². The molecule has 0 fully saturated rings. The van der Waals surface area contributed by atoms with Crippen LogP contribution in [0.15, 0.2) is 18.2 Å². The van der Waals surface area contributed by atoms with E-state index < -0.39 is 6.09 Å². The van der Waals surface area contributed by atoms with Crippen LogP contribution in [0.3, 0.4) is 0 Å². The molecule has 0 aliphatic carbocycles. The first-order valence-corrected chi connectivity index (χ1v) is 4.35. The molecule has 0 atom stereocenters. The van der Waals surface area contributed by atoms with Gasteiger partial charge in [0.1, 0.15) is 0 Å². The lowest BCUT2D eigenvalue weighted by molar-refractivity contribution is 0.194. The predicted octanol–water partition coefficient (Wildman–Crippen LogP) is 1.47. The molecule has 1 aromatic rings. The monoisotopic (exact) mass is 211 g/mol. The summed E-state index contributed by atoms with van der Waals surface area (Å²) >= 11 is 0. The van der Waals surface area contributed by atoms with E-state index in [9.17, 15) is 4.79 Å². The Balaban J connectivity index is 2.78. The molecule has 0 unspecified atom stereocenters. The number of ether oxygens (including phenoxy) is 2. The van der Waals surface area contributed by atoms with Gasteiger partial charge in [-0.05, 0) is 17.7 Å². The fraction of sp³-hybridized carbons (Fsp3) is 0.300. The van der Waals surface area contributed by atoms with Crippen LogP contribution in [0, 0.1) is 0 Å². The minimum atomic E-state index is -1.05. The first-order valence-electron chi connectivity index (χ1n) is 4.35. The Morgan fingerprint density at radius 1 is 1.33 bits per heavy atom. The second-order valence-electron chi connectivity index (χ2n) is 2.85. The van der Waals surface area contributed by atoms with Crippen LogP contribution in [0.1, 0.15) is 5.56 Å². The van der Waals surface area contributed by atoms with Gasteiger partial charge in [0.2, 0.25) is 0 Å². The molecule has 0 bridgehead atoms. The van der Waals surface area contributed by atoms with Gasteiger partial charge in [-0.3, -0.25) is 0 Å². The van der Waals surface area contributed by atoms with Gasteiger partial charge in [0.05, 0.1) is 14.2 Å². The van der Waals surface area contributed by atoms with Crippen molar-refractivity contribution in [3.8, 4) is 11.5 Å². The molecule has 0 saturated carbocycles. The van der Waals surface area contributed by atoms with E-state index >= 15 is 0 Å². The van der Waals surface area contributed by atoms with Crippen LogP contribution in [0.5, 0.6) is 11.5 Å². The summed E-state index contributed by atoms with van der Waals surface area (Å²) < 4.78 is 10.1. The zero-order valence-electron chi connectivity index (χ0n) is 8.61. The summed E-state index contributed by atoms with van der Waals surface area (Å²) in [7, 11) is 3.08. The number of methoxy groups -OCH3 is 2. The number of amides is 1. The van der Waals surface area contributed by atoms with Crippen molar-refractivity contribution in [2.45, 2.75) is 6.54 Å².